The number of fused-ring (bicyclic) bond motifs is 1. The first-order valence-corrected chi connectivity index (χ1v) is 10.5. The van der Waals surface area contributed by atoms with Crippen LogP contribution in [0.25, 0.3) is 10.6 Å². The molecule has 0 unspecified atom stereocenters. The summed E-state index contributed by atoms with van der Waals surface area (Å²) in [5, 5.41) is 0.870. The van der Waals surface area contributed by atoms with Crippen molar-refractivity contribution >= 4 is 28.7 Å². The van der Waals surface area contributed by atoms with Crippen molar-refractivity contribution in [2.45, 2.75) is 19.3 Å². The third-order valence-electron chi connectivity index (χ3n) is 5.77. The molecule has 0 N–H and O–H groups in total. The summed E-state index contributed by atoms with van der Waals surface area (Å²) in [6.07, 6.45) is 8.63. The topological polar surface area (TPSA) is 59.0 Å². The number of carbonyl (C=O) groups excluding carboxylic acids is 1. The summed E-state index contributed by atoms with van der Waals surface area (Å²) >= 11 is 1.46. The summed E-state index contributed by atoms with van der Waals surface area (Å²) in [6.45, 7) is 2.93. The van der Waals surface area contributed by atoms with Crippen molar-refractivity contribution in [1.29, 1.82) is 0 Å². The van der Waals surface area contributed by atoms with Gasteiger partial charge in [0.25, 0.3) is 5.91 Å². The van der Waals surface area contributed by atoms with Crippen LogP contribution in [0.3, 0.4) is 0 Å². The van der Waals surface area contributed by atoms with E-state index >= 15 is 0 Å². The highest BCUT2D eigenvalue weighted by Gasteiger charge is 2.32. The molecule has 0 spiro atoms. The second-order valence-electron chi connectivity index (χ2n) is 7.67. The lowest BCUT2D eigenvalue weighted by atomic mass is 10.1. The van der Waals surface area contributed by atoms with Gasteiger partial charge in [0.15, 0.2) is 0 Å². The quantitative estimate of drug-likeness (QED) is 0.640. The van der Waals surface area contributed by atoms with Gasteiger partial charge in [0.2, 0.25) is 5.82 Å². The molecule has 5 heterocycles. The van der Waals surface area contributed by atoms with E-state index < -0.39 is 0 Å². The second kappa shape index (κ2) is 6.76. The molecule has 3 aromatic rings. The number of likely N-dealkylation sites (tertiary alicyclic amines) is 1. The first-order valence-electron chi connectivity index (χ1n) is 9.67. The van der Waals surface area contributed by atoms with Gasteiger partial charge in [-0.3, -0.25) is 14.3 Å². The minimum atomic E-state index is 0.0118. The van der Waals surface area contributed by atoms with Crippen LogP contribution in [0, 0.1) is 0 Å². The van der Waals surface area contributed by atoms with Crippen LogP contribution in [0.4, 0.5) is 11.5 Å². The average Bonchev–Trinajstić information content (AvgIpc) is 3.37. The molecule has 0 aliphatic carbocycles. The largest absolute Gasteiger partial charge is 0.306 e. The molecule has 28 heavy (non-hydrogen) atoms. The van der Waals surface area contributed by atoms with E-state index in [4.69, 9.17) is 9.97 Å². The Bertz CT molecular complexity index is 1010. The van der Waals surface area contributed by atoms with Gasteiger partial charge in [-0.15, -0.1) is 11.3 Å². The Kier molecular flexibility index (Phi) is 4.21. The Morgan fingerprint density at radius 3 is 2.71 bits per heavy atom. The summed E-state index contributed by atoms with van der Waals surface area (Å²) in [6, 6.07) is 7.98. The number of pyridine rings is 2. The molecule has 1 amide bonds. The SMILES string of the molecule is C[N+]1(c2ccc(-c3nc4c(s3)C(=O)N(c3cccnc3)CC4)cn2)CCCC1. The number of aromatic nitrogens is 3. The van der Waals surface area contributed by atoms with Crippen LogP contribution in [0.1, 0.15) is 28.2 Å². The number of hydrogen-bond donors (Lipinski definition) is 0. The van der Waals surface area contributed by atoms with Gasteiger partial charge in [-0.1, -0.05) is 0 Å². The van der Waals surface area contributed by atoms with Gasteiger partial charge < -0.3 is 4.90 Å². The summed E-state index contributed by atoms with van der Waals surface area (Å²) in [7, 11) is 2.25. The lowest BCUT2D eigenvalue weighted by molar-refractivity contribution is 0.0984. The third-order valence-corrected chi connectivity index (χ3v) is 6.90. The van der Waals surface area contributed by atoms with Crippen molar-refractivity contribution in [3.63, 3.8) is 0 Å². The minimum Gasteiger partial charge on any atom is -0.306 e. The van der Waals surface area contributed by atoms with Gasteiger partial charge in [0.1, 0.15) is 9.88 Å². The molecule has 3 aromatic heterocycles. The van der Waals surface area contributed by atoms with Crippen molar-refractivity contribution in [2.75, 3.05) is 31.6 Å². The molecule has 0 aromatic carbocycles. The van der Waals surface area contributed by atoms with Crippen LogP contribution in [-0.2, 0) is 6.42 Å². The number of nitrogens with zero attached hydrogens (tertiary/aromatic N) is 5. The van der Waals surface area contributed by atoms with Gasteiger partial charge in [-0.05, 0) is 18.2 Å². The van der Waals surface area contributed by atoms with Crippen LogP contribution in [-0.4, -0.2) is 47.5 Å². The summed E-state index contributed by atoms with van der Waals surface area (Å²) < 4.78 is 0.910. The maximum atomic E-state index is 13.0. The third kappa shape index (κ3) is 2.91. The van der Waals surface area contributed by atoms with Gasteiger partial charge in [-0.2, -0.15) is 0 Å². The fraction of sp³-hybridized carbons (Fsp3) is 0.333. The first-order chi connectivity index (χ1) is 13.6. The van der Waals surface area contributed by atoms with E-state index in [9.17, 15) is 4.79 Å². The number of rotatable bonds is 3. The van der Waals surface area contributed by atoms with Crippen LogP contribution < -0.4 is 9.38 Å². The maximum absolute atomic E-state index is 13.0. The zero-order valence-corrected chi connectivity index (χ0v) is 16.7. The Labute approximate surface area is 168 Å². The fourth-order valence-electron chi connectivity index (χ4n) is 4.11. The molecular formula is C21H22N5OS+. The summed E-state index contributed by atoms with van der Waals surface area (Å²) in [5.41, 5.74) is 2.71. The number of thiazole rings is 1. The normalized spacial score (nSPS) is 18.3. The van der Waals surface area contributed by atoms with Crippen LogP contribution in [0.2, 0.25) is 0 Å². The van der Waals surface area contributed by atoms with Gasteiger partial charge >= 0.3 is 0 Å². The van der Waals surface area contributed by atoms with E-state index in [1.54, 1.807) is 17.3 Å². The molecule has 6 nitrogen and oxygen atoms in total. The van der Waals surface area contributed by atoms with E-state index in [1.807, 2.05) is 18.3 Å². The Morgan fingerprint density at radius 1 is 1.14 bits per heavy atom. The van der Waals surface area contributed by atoms with Crippen molar-refractivity contribution in [1.82, 2.24) is 19.4 Å². The molecule has 1 fully saturated rings. The predicted molar refractivity (Wildman–Crippen MR) is 112 cm³/mol. The zero-order chi connectivity index (χ0) is 19.1. The van der Waals surface area contributed by atoms with Crippen molar-refractivity contribution in [3.8, 4) is 10.6 Å². The first kappa shape index (κ1) is 17.5. The van der Waals surface area contributed by atoms with E-state index in [0.717, 1.165) is 56.6 Å². The molecule has 5 rings (SSSR count). The zero-order valence-electron chi connectivity index (χ0n) is 15.8. The number of anilines is 1. The molecule has 0 bridgehead atoms. The summed E-state index contributed by atoms with van der Waals surface area (Å²) in [4.78, 5) is 29.1. The fourth-order valence-corrected chi connectivity index (χ4v) is 5.16. The minimum absolute atomic E-state index is 0.0118. The monoisotopic (exact) mass is 392 g/mol. The lowest BCUT2D eigenvalue weighted by Crippen LogP contribution is -2.42. The molecule has 142 valence electrons. The van der Waals surface area contributed by atoms with Crippen molar-refractivity contribution in [2.24, 2.45) is 0 Å². The number of hydrogen-bond acceptors (Lipinski definition) is 5. The molecule has 2 aliphatic heterocycles. The van der Waals surface area contributed by atoms with E-state index in [2.05, 4.69) is 24.2 Å². The highest BCUT2D eigenvalue weighted by Crippen LogP contribution is 2.34. The molecule has 0 atom stereocenters. The molecule has 0 saturated carbocycles. The number of carbonyl (C=O) groups is 1. The van der Waals surface area contributed by atoms with Crippen molar-refractivity contribution < 1.29 is 4.79 Å². The van der Waals surface area contributed by atoms with Crippen molar-refractivity contribution in [3.05, 3.63) is 53.4 Å². The van der Waals surface area contributed by atoms with E-state index in [0.29, 0.717) is 6.54 Å². The Hall–Kier alpha value is -2.64. The van der Waals surface area contributed by atoms with Crippen LogP contribution >= 0.6 is 11.3 Å². The van der Waals surface area contributed by atoms with E-state index in [1.165, 1.54) is 24.2 Å². The highest BCUT2D eigenvalue weighted by atomic mass is 32.1. The number of amides is 1. The van der Waals surface area contributed by atoms with Gasteiger partial charge in [0.05, 0.1) is 37.7 Å². The number of quaternary nitrogens is 1. The maximum Gasteiger partial charge on any atom is 0.270 e. The summed E-state index contributed by atoms with van der Waals surface area (Å²) in [5.74, 6) is 1.12. The Balaban J connectivity index is 1.42. The molecule has 2 aliphatic rings. The van der Waals surface area contributed by atoms with E-state index in [-0.39, 0.29) is 5.91 Å². The van der Waals surface area contributed by atoms with Gasteiger partial charge in [-0.25, -0.2) is 9.97 Å². The molecule has 1 saturated heterocycles. The predicted octanol–water partition coefficient (Wildman–Crippen LogP) is 3.53. The molecule has 7 heteroatoms. The lowest BCUT2D eigenvalue weighted by Gasteiger charge is -2.26. The van der Waals surface area contributed by atoms with Crippen LogP contribution in [0.15, 0.2) is 42.9 Å². The molecule has 0 radical (unpaired) electrons. The smallest absolute Gasteiger partial charge is 0.270 e. The molecular weight excluding hydrogens is 370 g/mol. The second-order valence-corrected chi connectivity index (χ2v) is 8.67. The van der Waals surface area contributed by atoms with Gasteiger partial charge in [0, 0.05) is 49.8 Å². The average molecular weight is 393 g/mol. The standard InChI is InChI=1S/C21H22N5OS/c1-26(11-2-3-12-26)18-7-6-15(13-23-18)20-24-17-8-10-25(21(27)19(17)28-20)16-5-4-9-22-14-16/h4-7,9,13-14H,2-3,8,10-12H2,1H3/q+1. The Morgan fingerprint density at radius 2 is 2.00 bits per heavy atom. The highest BCUT2D eigenvalue weighted by molar-refractivity contribution is 7.17. The van der Waals surface area contributed by atoms with Crippen LogP contribution in [0.5, 0.6) is 0 Å².